The Bertz CT molecular complexity index is 1600. The molecule has 4 aromatic rings. The van der Waals surface area contributed by atoms with E-state index in [4.69, 9.17) is 0 Å². The molecule has 40 heavy (non-hydrogen) atoms. The lowest BCUT2D eigenvalue weighted by molar-refractivity contribution is -0.174. The molecule has 2 aromatic carbocycles. The first-order chi connectivity index (χ1) is 18.8. The Labute approximate surface area is 231 Å². The largest absolute Gasteiger partial charge is 0.390 e. The zero-order valence-electron chi connectivity index (χ0n) is 21.2. The second-order valence-electron chi connectivity index (χ2n) is 11.6. The van der Waals surface area contributed by atoms with Gasteiger partial charge in [0.15, 0.2) is 0 Å². The zero-order chi connectivity index (χ0) is 26.8. The van der Waals surface area contributed by atoms with Crippen molar-refractivity contribution >= 4 is 34.4 Å². The minimum absolute atomic E-state index is 0. The molecule has 2 aromatic heterocycles. The highest BCUT2D eigenvalue weighted by molar-refractivity contribution is 6.05. The lowest BCUT2D eigenvalue weighted by Crippen LogP contribution is -2.59. The lowest BCUT2D eigenvalue weighted by Gasteiger charge is -2.59. The molecule has 4 saturated carbocycles. The van der Waals surface area contributed by atoms with Gasteiger partial charge < -0.3 is 20.7 Å². The van der Waals surface area contributed by atoms with Gasteiger partial charge in [0.25, 0.3) is 5.91 Å². The van der Waals surface area contributed by atoms with Crippen LogP contribution in [0.5, 0.6) is 0 Å². The van der Waals surface area contributed by atoms with Crippen LogP contribution in [0.25, 0.3) is 22.4 Å². The number of hydrogen-bond donors (Lipinski definition) is 4. The van der Waals surface area contributed by atoms with Gasteiger partial charge in [-0.25, -0.2) is 14.4 Å². The van der Waals surface area contributed by atoms with E-state index in [2.05, 4.69) is 25.6 Å². The number of rotatable bonds is 5. The summed E-state index contributed by atoms with van der Waals surface area (Å²) in [5, 5.41) is 16.7. The van der Waals surface area contributed by atoms with E-state index in [1.165, 1.54) is 6.07 Å². The van der Waals surface area contributed by atoms with Gasteiger partial charge in [-0.3, -0.25) is 9.59 Å². The van der Waals surface area contributed by atoms with E-state index in [0.717, 1.165) is 32.1 Å². The van der Waals surface area contributed by atoms with Gasteiger partial charge in [0.2, 0.25) is 5.91 Å². The molecule has 4 fully saturated rings. The molecule has 4 aliphatic carbocycles. The fraction of sp³-hybridized carbons (Fsp3) is 0.355. The third kappa shape index (κ3) is 4.54. The summed E-state index contributed by atoms with van der Waals surface area (Å²) in [4.78, 5) is 37.7. The Morgan fingerprint density at radius 1 is 1.00 bits per heavy atom. The molecule has 0 radical (unpaired) electrons. The fourth-order valence-corrected chi connectivity index (χ4v) is 7.43. The van der Waals surface area contributed by atoms with Crippen molar-refractivity contribution in [2.45, 2.75) is 51.6 Å². The first-order valence-electron chi connectivity index (χ1n) is 13.3. The van der Waals surface area contributed by atoms with Crippen LogP contribution in [0.3, 0.4) is 0 Å². The predicted octanol–water partition coefficient (Wildman–Crippen LogP) is 5.92. The highest BCUT2D eigenvalue weighted by atomic mass is 19.1. The Morgan fingerprint density at radius 3 is 2.50 bits per heavy atom. The highest BCUT2D eigenvalue weighted by Gasteiger charge is 2.60. The van der Waals surface area contributed by atoms with Gasteiger partial charge in [-0.15, -0.1) is 0 Å². The number of imidazole rings is 1. The maximum Gasteiger partial charge on any atom is 0.256 e. The van der Waals surface area contributed by atoms with E-state index >= 15 is 4.39 Å². The van der Waals surface area contributed by atoms with Crippen LogP contribution in [0.15, 0.2) is 60.8 Å². The SMILES string of the molecule is C.O=C(Nc1ccccn1)c1ccc2nc(-c3ccc(NC(=O)C45CC6CC(CC(O)(C6)C4)C5)cc3F)[nH]c2c1. The van der Waals surface area contributed by atoms with Gasteiger partial charge in [0.1, 0.15) is 17.5 Å². The number of aromatic nitrogens is 3. The van der Waals surface area contributed by atoms with Crippen LogP contribution < -0.4 is 10.6 Å². The molecule has 2 unspecified atom stereocenters. The molecular weight excluding hydrogens is 509 g/mol. The Morgan fingerprint density at radius 2 is 1.80 bits per heavy atom. The molecule has 8 rings (SSSR count). The normalized spacial score (nSPS) is 26.4. The number of fused-ring (bicyclic) bond motifs is 1. The molecule has 0 spiro atoms. The topological polar surface area (TPSA) is 120 Å². The van der Waals surface area contributed by atoms with Crippen LogP contribution in [0, 0.1) is 23.1 Å². The number of benzene rings is 2. The number of amides is 2. The van der Waals surface area contributed by atoms with Crippen molar-refractivity contribution in [3.05, 3.63) is 72.2 Å². The van der Waals surface area contributed by atoms with Crippen LogP contribution in [-0.2, 0) is 4.79 Å². The van der Waals surface area contributed by atoms with E-state index < -0.39 is 16.8 Å². The van der Waals surface area contributed by atoms with E-state index in [0.29, 0.717) is 52.2 Å². The average molecular weight is 542 g/mol. The van der Waals surface area contributed by atoms with Crippen molar-refractivity contribution < 1.29 is 19.1 Å². The van der Waals surface area contributed by atoms with Gasteiger partial charge >= 0.3 is 0 Å². The molecule has 0 aliphatic heterocycles. The summed E-state index contributed by atoms with van der Waals surface area (Å²) in [6, 6.07) is 14.8. The van der Waals surface area contributed by atoms with Crippen molar-refractivity contribution in [1.82, 2.24) is 15.0 Å². The first-order valence-corrected chi connectivity index (χ1v) is 13.3. The number of halogens is 1. The van der Waals surface area contributed by atoms with Crippen LogP contribution in [0.2, 0.25) is 0 Å². The molecule has 2 heterocycles. The number of nitrogens with one attached hydrogen (secondary N) is 3. The van der Waals surface area contributed by atoms with Crippen LogP contribution >= 0.6 is 0 Å². The molecule has 2 atom stereocenters. The molecule has 9 heteroatoms. The number of nitrogens with zero attached hydrogens (tertiary/aromatic N) is 2. The summed E-state index contributed by atoms with van der Waals surface area (Å²) in [5.74, 6) is 0.578. The van der Waals surface area contributed by atoms with Gasteiger partial charge in [0.05, 0.1) is 27.6 Å². The number of anilines is 2. The number of H-pyrrole nitrogens is 1. The summed E-state index contributed by atoms with van der Waals surface area (Å²) in [6.07, 6.45) is 6.33. The van der Waals surface area contributed by atoms with E-state index in [1.54, 1.807) is 54.7 Å². The molecular formula is C31H32FN5O3. The number of aromatic amines is 1. The minimum Gasteiger partial charge on any atom is -0.390 e. The van der Waals surface area contributed by atoms with E-state index in [-0.39, 0.29) is 24.8 Å². The number of aliphatic hydroxyl groups is 1. The van der Waals surface area contributed by atoms with Crippen molar-refractivity contribution in [2.75, 3.05) is 10.6 Å². The Balaban J connectivity index is 0.00000289. The quantitative estimate of drug-likeness (QED) is 0.250. The molecule has 2 amide bonds. The van der Waals surface area contributed by atoms with Crippen molar-refractivity contribution in [1.29, 1.82) is 0 Å². The average Bonchev–Trinajstić information content (AvgIpc) is 3.31. The summed E-state index contributed by atoms with van der Waals surface area (Å²) >= 11 is 0. The second kappa shape index (κ2) is 9.52. The van der Waals surface area contributed by atoms with Crippen LogP contribution in [0.4, 0.5) is 15.9 Å². The van der Waals surface area contributed by atoms with Crippen LogP contribution in [-0.4, -0.2) is 37.5 Å². The van der Waals surface area contributed by atoms with E-state index in [9.17, 15) is 14.7 Å². The maximum absolute atomic E-state index is 15.3. The monoisotopic (exact) mass is 541 g/mol. The van der Waals surface area contributed by atoms with Gasteiger partial charge in [-0.2, -0.15) is 0 Å². The Hall–Kier alpha value is -4.11. The smallest absolute Gasteiger partial charge is 0.256 e. The standard InChI is InChI=1S/C30H28FN5O3.CH4/c31-22-11-20(33-28(38)29-12-17-9-18(13-29)15-30(39,14-17)16-29)5-6-21(22)26-34-23-7-4-19(10-24(23)35-26)27(37)36-25-3-1-2-8-32-25;/h1-8,10-11,17-18,39H,9,12-16H2,(H,33,38)(H,34,35)(H,32,36,37);1H4. The third-order valence-corrected chi connectivity index (χ3v) is 8.64. The number of pyridine rings is 1. The predicted molar refractivity (Wildman–Crippen MR) is 151 cm³/mol. The zero-order valence-corrected chi connectivity index (χ0v) is 21.2. The number of carbonyl (C=O) groups is 2. The fourth-order valence-electron chi connectivity index (χ4n) is 7.43. The van der Waals surface area contributed by atoms with Gasteiger partial charge in [-0.05, 0) is 98.9 Å². The Kier molecular flexibility index (Phi) is 6.22. The van der Waals surface area contributed by atoms with Crippen LogP contribution in [0.1, 0.15) is 56.3 Å². The molecule has 4 aliphatic rings. The van der Waals surface area contributed by atoms with E-state index in [1.807, 2.05) is 0 Å². The number of carbonyl (C=O) groups excluding carboxylic acids is 2. The molecule has 4 bridgehead atoms. The van der Waals surface area contributed by atoms with Crippen molar-refractivity contribution in [2.24, 2.45) is 17.3 Å². The molecule has 0 saturated heterocycles. The van der Waals surface area contributed by atoms with Crippen molar-refractivity contribution in [3.63, 3.8) is 0 Å². The first kappa shape index (κ1) is 26.1. The number of hydrogen-bond acceptors (Lipinski definition) is 5. The molecule has 8 nitrogen and oxygen atoms in total. The summed E-state index contributed by atoms with van der Waals surface area (Å²) < 4.78 is 15.3. The highest BCUT2D eigenvalue weighted by Crippen LogP contribution is 2.61. The minimum atomic E-state index is -0.739. The summed E-state index contributed by atoms with van der Waals surface area (Å²) in [7, 11) is 0. The maximum atomic E-state index is 15.3. The third-order valence-electron chi connectivity index (χ3n) is 8.64. The van der Waals surface area contributed by atoms with Crippen molar-refractivity contribution in [3.8, 4) is 11.4 Å². The molecule has 206 valence electrons. The van der Waals surface area contributed by atoms with Gasteiger partial charge in [0, 0.05) is 17.4 Å². The lowest BCUT2D eigenvalue weighted by atomic mass is 9.47. The summed E-state index contributed by atoms with van der Waals surface area (Å²) in [6.45, 7) is 0. The summed E-state index contributed by atoms with van der Waals surface area (Å²) in [5.41, 5.74) is 0.924. The van der Waals surface area contributed by atoms with Gasteiger partial charge in [-0.1, -0.05) is 13.5 Å². The molecule has 4 N–H and O–H groups in total. The second-order valence-corrected chi connectivity index (χ2v) is 11.6.